The van der Waals surface area contributed by atoms with Crippen LogP contribution in [0.1, 0.15) is 6.92 Å². The van der Waals surface area contributed by atoms with Gasteiger partial charge in [-0.3, -0.25) is 4.79 Å². The molecule has 0 spiro atoms. The number of ether oxygens (including phenoxy) is 1. The summed E-state index contributed by atoms with van der Waals surface area (Å²) in [6.45, 7) is 4.71. The van der Waals surface area contributed by atoms with E-state index in [2.05, 4.69) is 10.6 Å². The standard InChI is InChI=1S/C7H14N2O2.C2HF3O2/c1-2-11-7(10)6-5-8-3-4-9-6;3-2(4,5)1(6)7/h6,8-9H,2-5H2,1H3;(H,6,7). The van der Waals surface area contributed by atoms with Gasteiger partial charge in [0.15, 0.2) is 0 Å². The van der Waals surface area contributed by atoms with Crippen LogP contribution in [0.4, 0.5) is 13.2 Å². The molecule has 106 valence electrons. The van der Waals surface area contributed by atoms with Gasteiger partial charge in [-0.1, -0.05) is 0 Å². The molecule has 1 atom stereocenters. The van der Waals surface area contributed by atoms with Gasteiger partial charge in [0, 0.05) is 19.6 Å². The number of aliphatic carboxylic acids is 1. The maximum Gasteiger partial charge on any atom is 0.490 e. The van der Waals surface area contributed by atoms with Crippen molar-refractivity contribution < 1.29 is 32.6 Å². The van der Waals surface area contributed by atoms with Crippen molar-refractivity contribution in [3.8, 4) is 0 Å². The molecule has 9 heteroatoms. The normalized spacial score (nSPS) is 19.4. The van der Waals surface area contributed by atoms with Crippen LogP contribution < -0.4 is 10.6 Å². The fourth-order valence-electron chi connectivity index (χ4n) is 1.06. The first-order valence-electron chi connectivity index (χ1n) is 5.19. The molecule has 0 saturated carbocycles. The Labute approximate surface area is 101 Å². The van der Waals surface area contributed by atoms with Gasteiger partial charge < -0.3 is 20.5 Å². The van der Waals surface area contributed by atoms with E-state index < -0.39 is 12.1 Å². The lowest BCUT2D eigenvalue weighted by Crippen LogP contribution is -2.52. The molecule has 0 aromatic rings. The summed E-state index contributed by atoms with van der Waals surface area (Å²) < 4.78 is 36.6. The van der Waals surface area contributed by atoms with Crippen molar-refractivity contribution in [3.05, 3.63) is 0 Å². The molecule has 1 aliphatic rings. The lowest BCUT2D eigenvalue weighted by Gasteiger charge is -2.22. The molecule has 0 aromatic heterocycles. The van der Waals surface area contributed by atoms with E-state index >= 15 is 0 Å². The van der Waals surface area contributed by atoms with Gasteiger partial charge in [0.2, 0.25) is 0 Å². The number of hydrogen-bond donors (Lipinski definition) is 3. The highest BCUT2D eigenvalue weighted by atomic mass is 19.4. The summed E-state index contributed by atoms with van der Waals surface area (Å²) in [6.07, 6.45) is -5.08. The molecule has 1 rings (SSSR count). The molecule has 3 N–H and O–H groups in total. The number of piperazine rings is 1. The molecule has 0 aromatic carbocycles. The highest BCUT2D eigenvalue weighted by Gasteiger charge is 2.38. The molecule has 1 aliphatic heterocycles. The molecule has 0 amide bonds. The molecule has 1 heterocycles. The number of rotatable bonds is 2. The van der Waals surface area contributed by atoms with Crippen molar-refractivity contribution in [2.75, 3.05) is 26.2 Å². The van der Waals surface area contributed by atoms with Gasteiger partial charge in [-0.25, -0.2) is 4.79 Å². The van der Waals surface area contributed by atoms with Gasteiger partial charge in [-0.15, -0.1) is 0 Å². The number of nitrogens with one attached hydrogen (secondary N) is 2. The third-order valence-electron chi connectivity index (χ3n) is 1.85. The second-order valence-electron chi connectivity index (χ2n) is 3.27. The summed E-state index contributed by atoms with van der Waals surface area (Å²) in [4.78, 5) is 20.0. The van der Waals surface area contributed by atoms with Crippen LogP contribution in [0.3, 0.4) is 0 Å². The number of esters is 1. The Hall–Kier alpha value is -1.35. The predicted octanol–water partition coefficient (Wildman–Crippen LogP) is -0.256. The van der Waals surface area contributed by atoms with Crippen molar-refractivity contribution >= 4 is 11.9 Å². The lowest BCUT2D eigenvalue weighted by atomic mass is 10.2. The molecule has 0 radical (unpaired) electrons. The Morgan fingerprint density at radius 2 is 1.94 bits per heavy atom. The van der Waals surface area contributed by atoms with Crippen LogP contribution in [-0.2, 0) is 14.3 Å². The minimum absolute atomic E-state index is 0.149. The monoisotopic (exact) mass is 272 g/mol. The first-order valence-corrected chi connectivity index (χ1v) is 5.19. The summed E-state index contributed by atoms with van der Waals surface area (Å²) in [5.41, 5.74) is 0. The highest BCUT2D eigenvalue weighted by molar-refractivity contribution is 5.76. The second-order valence-corrected chi connectivity index (χ2v) is 3.27. The quantitative estimate of drug-likeness (QED) is 0.601. The van der Waals surface area contributed by atoms with Crippen molar-refractivity contribution in [1.29, 1.82) is 0 Å². The molecule has 0 bridgehead atoms. The Bertz CT molecular complexity index is 277. The predicted molar refractivity (Wildman–Crippen MR) is 55.0 cm³/mol. The van der Waals surface area contributed by atoms with Crippen LogP contribution in [-0.4, -0.2) is 55.5 Å². The van der Waals surface area contributed by atoms with Crippen molar-refractivity contribution in [1.82, 2.24) is 10.6 Å². The Morgan fingerprint density at radius 3 is 2.28 bits per heavy atom. The second kappa shape index (κ2) is 7.88. The minimum Gasteiger partial charge on any atom is -0.475 e. The third-order valence-corrected chi connectivity index (χ3v) is 1.85. The SMILES string of the molecule is CCOC(=O)C1CNCCN1.O=C(O)C(F)(F)F. The van der Waals surface area contributed by atoms with E-state index in [4.69, 9.17) is 14.6 Å². The number of hydrogen-bond acceptors (Lipinski definition) is 5. The maximum atomic E-state index is 11.1. The smallest absolute Gasteiger partial charge is 0.475 e. The van der Waals surface area contributed by atoms with Gasteiger partial charge in [0.05, 0.1) is 6.61 Å². The minimum atomic E-state index is -5.08. The Kier molecular flexibility index (Phi) is 7.29. The molecule has 18 heavy (non-hydrogen) atoms. The molecular formula is C9H15F3N2O4. The van der Waals surface area contributed by atoms with Gasteiger partial charge in [-0.2, -0.15) is 13.2 Å². The number of halogens is 3. The number of alkyl halides is 3. The summed E-state index contributed by atoms with van der Waals surface area (Å²) in [5.74, 6) is -2.91. The zero-order chi connectivity index (χ0) is 14.2. The Morgan fingerprint density at radius 1 is 1.39 bits per heavy atom. The molecular weight excluding hydrogens is 257 g/mol. The maximum absolute atomic E-state index is 11.1. The van der Waals surface area contributed by atoms with Crippen LogP contribution in [0.2, 0.25) is 0 Å². The zero-order valence-corrected chi connectivity index (χ0v) is 9.71. The average molecular weight is 272 g/mol. The zero-order valence-electron chi connectivity index (χ0n) is 9.71. The van der Waals surface area contributed by atoms with E-state index in [9.17, 15) is 18.0 Å². The number of carbonyl (C=O) groups excluding carboxylic acids is 1. The van der Waals surface area contributed by atoms with Crippen LogP contribution >= 0.6 is 0 Å². The van der Waals surface area contributed by atoms with E-state index in [-0.39, 0.29) is 12.0 Å². The van der Waals surface area contributed by atoms with Gasteiger partial charge in [0.1, 0.15) is 6.04 Å². The largest absolute Gasteiger partial charge is 0.490 e. The molecule has 0 aliphatic carbocycles. The van der Waals surface area contributed by atoms with Gasteiger partial charge in [0.25, 0.3) is 0 Å². The fourth-order valence-corrected chi connectivity index (χ4v) is 1.06. The average Bonchev–Trinajstić information content (AvgIpc) is 2.30. The van der Waals surface area contributed by atoms with Crippen molar-refractivity contribution in [3.63, 3.8) is 0 Å². The fraction of sp³-hybridized carbons (Fsp3) is 0.778. The van der Waals surface area contributed by atoms with E-state index in [1.54, 1.807) is 0 Å². The lowest BCUT2D eigenvalue weighted by molar-refractivity contribution is -0.192. The molecule has 1 unspecified atom stereocenters. The highest BCUT2D eigenvalue weighted by Crippen LogP contribution is 2.13. The summed E-state index contributed by atoms with van der Waals surface area (Å²) in [6, 6.07) is -0.149. The van der Waals surface area contributed by atoms with E-state index in [1.165, 1.54) is 0 Å². The molecule has 6 nitrogen and oxygen atoms in total. The van der Waals surface area contributed by atoms with E-state index in [1.807, 2.05) is 6.92 Å². The van der Waals surface area contributed by atoms with Crippen molar-refractivity contribution in [2.45, 2.75) is 19.1 Å². The Balaban J connectivity index is 0.000000360. The summed E-state index contributed by atoms with van der Waals surface area (Å²) in [7, 11) is 0. The van der Waals surface area contributed by atoms with Gasteiger partial charge >= 0.3 is 18.1 Å². The topological polar surface area (TPSA) is 87.7 Å². The summed E-state index contributed by atoms with van der Waals surface area (Å²) in [5, 5.41) is 13.3. The van der Waals surface area contributed by atoms with Crippen LogP contribution in [0.15, 0.2) is 0 Å². The van der Waals surface area contributed by atoms with Crippen molar-refractivity contribution in [2.24, 2.45) is 0 Å². The summed E-state index contributed by atoms with van der Waals surface area (Å²) >= 11 is 0. The van der Waals surface area contributed by atoms with Crippen LogP contribution in [0.25, 0.3) is 0 Å². The number of carboxylic acid groups (broad SMARTS) is 1. The van der Waals surface area contributed by atoms with Crippen LogP contribution in [0.5, 0.6) is 0 Å². The van der Waals surface area contributed by atoms with Crippen LogP contribution in [0, 0.1) is 0 Å². The number of carboxylic acids is 1. The molecule has 1 saturated heterocycles. The van der Waals surface area contributed by atoms with Gasteiger partial charge in [-0.05, 0) is 6.92 Å². The van der Waals surface area contributed by atoms with E-state index in [0.29, 0.717) is 13.2 Å². The first kappa shape index (κ1) is 16.6. The van der Waals surface area contributed by atoms with E-state index in [0.717, 1.165) is 13.1 Å². The number of carbonyl (C=O) groups is 2. The molecule has 1 fully saturated rings. The third kappa shape index (κ3) is 7.07. The first-order chi connectivity index (χ1) is 8.29.